The normalized spacial score (nSPS) is 11.0. The van der Waals surface area contributed by atoms with Crippen molar-refractivity contribution in [3.63, 3.8) is 0 Å². The molecule has 0 radical (unpaired) electrons. The van der Waals surface area contributed by atoms with Crippen molar-refractivity contribution in [1.82, 2.24) is 0 Å². The molecule has 146 valence electrons. The third kappa shape index (κ3) is 7.00. The van der Waals surface area contributed by atoms with E-state index in [-0.39, 0.29) is 13.0 Å². The highest BCUT2D eigenvalue weighted by molar-refractivity contribution is 5.72. The minimum absolute atomic E-state index is 0.0600. The Labute approximate surface area is 163 Å². The number of nitriles is 1. The number of hydrogen-bond acceptors (Lipinski definition) is 7. The Morgan fingerprint density at radius 3 is 2.14 bits per heavy atom. The maximum absolute atomic E-state index is 12.0. The Morgan fingerprint density at radius 2 is 1.57 bits per heavy atom. The number of carbonyl (C=O) groups is 2. The SMILES string of the molecule is COC(=O)OCC(C)OC(=O)Cc1ccc(Cc2ccc(OC#N)cc2)cc1. The summed E-state index contributed by atoms with van der Waals surface area (Å²) in [7, 11) is 1.21. The summed E-state index contributed by atoms with van der Waals surface area (Å²) in [5.74, 6) is 0.105. The molecule has 0 saturated heterocycles. The van der Waals surface area contributed by atoms with Crippen molar-refractivity contribution in [2.24, 2.45) is 0 Å². The van der Waals surface area contributed by atoms with Crippen LogP contribution in [-0.2, 0) is 31.8 Å². The number of ether oxygens (including phenoxy) is 4. The van der Waals surface area contributed by atoms with E-state index in [1.807, 2.05) is 36.4 Å². The Kier molecular flexibility index (Phi) is 7.85. The Hall–Kier alpha value is -3.53. The minimum Gasteiger partial charge on any atom is -0.459 e. The van der Waals surface area contributed by atoms with Gasteiger partial charge in [0.05, 0.1) is 13.5 Å². The molecular formula is C21H21NO6. The fraction of sp³-hybridized carbons (Fsp3) is 0.286. The number of carbonyl (C=O) groups excluding carboxylic acids is 2. The fourth-order valence-electron chi connectivity index (χ4n) is 2.45. The van der Waals surface area contributed by atoms with Crippen LogP contribution in [0.5, 0.6) is 5.75 Å². The van der Waals surface area contributed by atoms with Crippen molar-refractivity contribution in [2.75, 3.05) is 13.7 Å². The second-order valence-corrected chi connectivity index (χ2v) is 6.07. The van der Waals surface area contributed by atoms with Gasteiger partial charge in [-0.25, -0.2) is 4.79 Å². The lowest BCUT2D eigenvalue weighted by Gasteiger charge is -2.13. The van der Waals surface area contributed by atoms with E-state index in [0.717, 1.165) is 23.1 Å². The summed E-state index contributed by atoms with van der Waals surface area (Å²) in [4.78, 5) is 22.9. The molecule has 2 rings (SSSR count). The van der Waals surface area contributed by atoms with Crippen molar-refractivity contribution in [3.05, 3.63) is 65.2 Å². The van der Waals surface area contributed by atoms with Gasteiger partial charge >= 0.3 is 12.1 Å². The fourth-order valence-corrected chi connectivity index (χ4v) is 2.45. The first-order valence-electron chi connectivity index (χ1n) is 8.63. The van der Waals surface area contributed by atoms with Gasteiger partial charge in [0.25, 0.3) is 6.26 Å². The molecule has 28 heavy (non-hydrogen) atoms. The van der Waals surface area contributed by atoms with Gasteiger partial charge < -0.3 is 18.9 Å². The zero-order valence-corrected chi connectivity index (χ0v) is 15.7. The van der Waals surface area contributed by atoms with Gasteiger partial charge in [-0.05, 0) is 42.2 Å². The zero-order chi connectivity index (χ0) is 20.4. The van der Waals surface area contributed by atoms with Crippen LogP contribution in [0.25, 0.3) is 0 Å². The molecular weight excluding hydrogens is 362 g/mol. The summed E-state index contributed by atoms with van der Waals surface area (Å²) < 4.78 is 19.0. The lowest BCUT2D eigenvalue weighted by atomic mass is 10.0. The summed E-state index contributed by atoms with van der Waals surface area (Å²) in [6, 6.07) is 14.9. The molecule has 2 aromatic rings. The van der Waals surface area contributed by atoms with E-state index in [9.17, 15) is 9.59 Å². The van der Waals surface area contributed by atoms with Crippen molar-refractivity contribution in [1.29, 1.82) is 5.26 Å². The van der Waals surface area contributed by atoms with Gasteiger partial charge in [0.15, 0.2) is 0 Å². The number of rotatable bonds is 8. The average Bonchev–Trinajstić information content (AvgIpc) is 2.69. The van der Waals surface area contributed by atoms with Gasteiger partial charge in [0.2, 0.25) is 0 Å². The number of nitrogens with zero attached hydrogens (tertiary/aromatic N) is 1. The molecule has 0 N–H and O–H groups in total. The molecule has 0 spiro atoms. The molecule has 0 amide bonds. The lowest BCUT2D eigenvalue weighted by molar-refractivity contribution is -0.149. The van der Waals surface area contributed by atoms with Crippen LogP contribution in [0, 0.1) is 11.5 Å². The van der Waals surface area contributed by atoms with Crippen LogP contribution in [0.15, 0.2) is 48.5 Å². The largest absolute Gasteiger partial charge is 0.508 e. The lowest BCUT2D eigenvalue weighted by Crippen LogP contribution is -2.23. The van der Waals surface area contributed by atoms with E-state index in [1.165, 1.54) is 7.11 Å². The highest BCUT2D eigenvalue weighted by atomic mass is 16.7. The molecule has 7 nitrogen and oxygen atoms in total. The summed E-state index contributed by atoms with van der Waals surface area (Å²) in [6.07, 6.45) is 1.11. The minimum atomic E-state index is -0.814. The molecule has 1 atom stereocenters. The summed E-state index contributed by atoms with van der Waals surface area (Å²) in [6.45, 7) is 1.58. The molecule has 0 aliphatic carbocycles. The number of esters is 1. The average molecular weight is 383 g/mol. The Morgan fingerprint density at radius 1 is 1.00 bits per heavy atom. The number of hydrogen-bond donors (Lipinski definition) is 0. The van der Waals surface area contributed by atoms with Crippen LogP contribution in [0.2, 0.25) is 0 Å². The van der Waals surface area contributed by atoms with Crippen LogP contribution >= 0.6 is 0 Å². The third-order valence-corrected chi connectivity index (χ3v) is 3.80. The maximum Gasteiger partial charge on any atom is 0.508 e. The summed E-state index contributed by atoms with van der Waals surface area (Å²) in [5.41, 5.74) is 3.00. The van der Waals surface area contributed by atoms with Crippen molar-refractivity contribution < 1.29 is 28.5 Å². The van der Waals surface area contributed by atoms with Gasteiger partial charge in [0, 0.05) is 0 Å². The van der Waals surface area contributed by atoms with E-state index in [4.69, 9.17) is 19.5 Å². The number of benzene rings is 2. The van der Waals surface area contributed by atoms with E-state index >= 15 is 0 Å². The molecule has 0 fully saturated rings. The van der Waals surface area contributed by atoms with E-state index in [2.05, 4.69) is 4.74 Å². The predicted molar refractivity (Wildman–Crippen MR) is 99.5 cm³/mol. The first-order chi connectivity index (χ1) is 13.5. The Balaban J connectivity index is 1.82. The van der Waals surface area contributed by atoms with E-state index in [0.29, 0.717) is 5.75 Å². The van der Waals surface area contributed by atoms with Crippen LogP contribution in [0.3, 0.4) is 0 Å². The second kappa shape index (κ2) is 10.6. The topological polar surface area (TPSA) is 94.8 Å². The molecule has 1 unspecified atom stereocenters. The van der Waals surface area contributed by atoms with E-state index in [1.54, 1.807) is 25.3 Å². The van der Waals surface area contributed by atoms with E-state index < -0.39 is 18.2 Å². The third-order valence-electron chi connectivity index (χ3n) is 3.80. The molecule has 0 bridgehead atoms. The highest BCUT2D eigenvalue weighted by Gasteiger charge is 2.13. The highest BCUT2D eigenvalue weighted by Crippen LogP contribution is 2.16. The van der Waals surface area contributed by atoms with Crippen LogP contribution in [-0.4, -0.2) is 31.9 Å². The number of methoxy groups -OCH3 is 1. The molecule has 0 saturated carbocycles. The van der Waals surface area contributed by atoms with Gasteiger partial charge in [-0.1, -0.05) is 36.4 Å². The molecule has 0 aliphatic rings. The smallest absolute Gasteiger partial charge is 0.459 e. The van der Waals surface area contributed by atoms with Gasteiger partial charge in [-0.3, -0.25) is 4.79 Å². The van der Waals surface area contributed by atoms with Crippen molar-refractivity contribution in [2.45, 2.75) is 25.9 Å². The van der Waals surface area contributed by atoms with Gasteiger partial charge in [-0.2, -0.15) is 0 Å². The molecule has 0 aliphatic heterocycles. The Bertz CT molecular complexity index is 823. The zero-order valence-electron chi connectivity index (χ0n) is 15.7. The molecule has 7 heteroatoms. The van der Waals surface area contributed by atoms with Crippen LogP contribution in [0.4, 0.5) is 4.79 Å². The maximum atomic E-state index is 12.0. The molecule has 0 heterocycles. The van der Waals surface area contributed by atoms with Crippen molar-refractivity contribution in [3.8, 4) is 12.0 Å². The van der Waals surface area contributed by atoms with Crippen LogP contribution < -0.4 is 4.74 Å². The summed E-state index contributed by atoms with van der Waals surface area (Å²) >= 11 is 0. The van der Waals surface area contributed by atoms with Crippen molar-refractivity contribution >= 4 is 12.1 Å². The molecule has 0 aromatic heterocycles. The predicted octanol–water partition coefficient (Wildman–Crippen LogP) is 3.39. The first-order valence-corrected chi connectivity index (χ1v) is 8.63. The first kappa shape index (κ1) is 20.8. The van der Waals surface area contributed by atoms with Gasteiger partial charge in [0.1, 0.15) is 18.5 Å². The summed E-state index contributed by atoms with van der Waals surface area (Å²) in [5, 5.41) is 8.49. The standard InChI is InChI=1S/C21H21NO6/c1-15(13-26-21(24)25-2)28-20(23)12-18-5-3-16(4-6-18)11-17-7-9-19(10-8-17)27-14-22/h3-10,15H,11-13H2,1-2H3. The second-order valence-electron chi connectivity index (χ2n) is 6.07. The van der Waals surface area contributed by atoms with Crippen LogP contribution in [0.1, 0.15) is 23.6 Å². The molecule has 2 aromatic carbocycles. The van der Waals surface area contributed by atoms with Gasteiger partial charge in [-0.15, -0.1) is 5.26 Å². The monoisotopic (exact) mass is 383 g/mol. The quantitative estimate of drug-likeness (QED) is 0.509.